The average molecular weight is 364 g/mol. The van der Waals surface area contributed by atoms with Gasteiger partial charge < -0.3 is 15.2 Å². The van der Waals surface area contributed by atoms with Crippen molar-refractivity contribution in [2.75, 3.05) is 13.1 Å². The quantitative estimate of drug-likeness (QED) is 0.505. The molecule has 3 aromatic rings. The number of nitrogens with zero attached hydrogens (tertiary/aromatic N) is 2. The van der Waals surface area contributed by atoms with Gasteiger partial charge in [-0.25, -0.2) is 0 Å². The molecule has 1 atom stereocenters. The van der Waals surface area contributed by atoms with Crippen molar-refractivity contribution in [1.29, 1.82) is 0 Å². The topological polar surface area (TPSA) is 62.5 Å². The van der Waals surface area contributed by atoms with Crippen molar-refractivity contribution in [2.45, 2.75) is 40.2 Å². The fourth-order valence-electron chi connectivity index (χ4n) is 3.37. The minimum Gasteiger partial charge on any atom is -0.361 e. The first-order valence-electron chi connectivity index (χ1n) is 9.54. The second kappa shape index (κ2) is 8.71. The van der Waals surface area contributed by atoms with E-state index in [-0.39, 0.29) is 6.04 Å². The van der Waals surface area contributed by atoms with E-state index >= 15 is 0 Å². The highest BCUT2D eigenvalue weighted by Crippen LogP contribution is 2.24. The van der Waals surface area contributed by atoms with Crippen LogP contribution in [0.4, 0.5) is 0 Å². The molecule has 5 heteroatoms. The highest BCUT2D eigenvalue weighted by atomic mass is 16.5. The molecule has 0 aliphatic heterocycles. The predicted molar refractivity (Wildman–Crippen MR) is 111 cm³/mol. The van der Waals surface area contributed by atoms with E-state index < -0.39 is 0 Å². The number of aryl methyl sites for hydroxylation is 2. The highest BCUT2D eigenvalue weighted by Gasteiger charge is 2.12. The highest BCUT2D eigenvalue weighted by molar-refractivity contribution is 5.87. The Morgan fingerprint density at radius 1 is 1.15 bits per heavy atom. The zero-order valence-corrected chi connectivity index (χ0v) is 16.5. The lowest BCUT2D eigenvalue weighted by Gasteiger charge is -2.19. The molecule has 1 heterocycles. The van der Waals surface area contributed by atoms with Gasteiger partial charge in [0.15, 0.2) is 5.96 Å². The third kappa shape index (κ3) is 4.48. The number of hydrogen-bond acceptors (Lipinski definition) is 3. The molecule has 2 aromatic carbocycles. The normalized spacial score (nSPS) is 13.0. The van der Waals surface area contributed by atoms with Gasteiger partial charge in [0.1, 0.15) is 5.76 Å². The van der Waals surface area contributed by atoms with E-state index in [1.54, 1.807) is 0 Å². The molecule has 3 rings (SSSR count). The van der Waals surface area contributed by atoms with Crippen molar-refractivity contribution < 1.29 is 4.52 Å². The van der Waals surface area contributed by atoms with Crippen LogP contribution >= 0.6 is 0 Å². The number of aliphatic imine (C=N–C) groups is 1. The van der Waals surface area contributed by atoms with E-state index in [1.807, 2.05) is 13.8 Å². The molecule has 2 N–H and O–H groups in total. The molecule has 0 aliphatic rings. The molecule has 0 bridgehead atoms. The van der Waals surface area contributed by atoms with Gasteiger partial charge in [-0.1, -0.05) is 47.6 Å². The number of rotatable bonds is 6. The first-order valence-corrected chi connectivity index (χ1v) is 9.54. The zero-order chi connectivity index (χ0) is 19.2. The third-order valence-electron chi connectivity index (χ3n) is 4.80. The standard InChI is InChI=1S/C22H28N4O/c1-5-23-22(24-14-13-19-16(3)26-27-17(19)4)25-15(2)20-12-8-10-18-9-6-7-11-21(18)20/h6-12,15H,5,13-14H2,1-4H3,(H2,23,24,25). The summed E-state index contributed by atoms with van der Waals surface area (Å²) in [6.07, 6.45) is 0.820. The van der Waals surface area contributed by atoms with Crippen LogP contribution in [0.5, 0.6) is 0 Å². The molecule has 0 saturated heterocycles. The second-order valence-corrected chi connectivity index (χ2v) is 6.75. The molecule has 142 valence electrons. The Morgan fingerprint density at radius 2 is 1.93 bits per heavy atom. The van der Waals surface area contributed by atoms with Crippen molar-refractivity contribution in [3.05, 3.63) is 65.0 Å². The van der Waals surface area contributed by atoms with Crippen molar-refractivity contribution in [3.63, 3.8) is 0 Å². The zero-order valence-electron chi connectivity index (χ0n) is 16.5. The summed E-state index contributed by atoms with van der Waals surface area (Å²) in [6.45, 7) is 9.67. The smallest absolute Gasteiger partial charge is 0.191 e. The van der Waals surface area contributed by atoms with E-state index in [2.05, 4.69) is 72.1 Å². The van der Waals surface area contributed by atoms with Crippen molar-refractivity contribution in [2.24, 2.45) is 4.99 Å². The second-order valence-electron chi connectivity index (χ2n) is 6.75. The Bertz CT molecular complexity index is 904. The number of fused-ring (bicyclic) bond motifs is 1. The SMILES string of the molecule is CCNC(=NCCc1c(C)noc1C)NC(C)c1cccc2ccccc12. The maximum Gasteiger partial charge on any atom is 0.191 e. The number of guanidine groups is 1. The van der Waals surface area contributed by atoms with Crippen LogP contribution in [-0.4, -0.2) is 24.2 Å². The fraction of sp³-hybridized carbons (Fsp3) is 0.364. The van der Waals surface area contributed by atoms with Gasteiger partial charge in [0.25, 0.3) is 0 Å². The summed E-state index contributed by atoms with van der Waals surface area (Å²) < 4.78 is 5.23. The summed E-state index contributed by atoms with van der Waals surface area (Å²) in [6, 6.07) is 15.1. The molecule has 5 nitrogen and oxygen atoms in total. The molecule has 0 saturated carbocycles. The summed E-state index contributed by atoms with van der Waals surface area (Å²) in [4.78, 5) is 4.74. The Kier molecular flexibility index (Phi) is 6.12. The van der Waals surface area contributed by atoms with Gasteiger partial charge in [-0.3, -0.25) is 4.99 Å². The van der Waals surface area contributed by atoms with Gasteiger partial charge in [-0.15, -0.1) is 0 Å². The molecular weight excluding hydrogens is 336 g/mol. The van der Waals surface area contributed by atoms with E-state index in [4.69, 9.17) is 9.52 Å². The lowest BCUT2D eigenvalue weighted by atomic mass is 10.00. The summed E-state index contributed by atoms with van der Waals surface area (Å²) in [5, 5.41) is 13.4. The molecule has 1 aromatic heterocycles. The van der Waals surface area contributed by atoms with Crippen molar-refractivity contribution >= 4 is 16.7 Å². The van der Waals surface area contributed by atoms with Crippen LogP contribution in [0.1, 0.15) is 42.5 Å². The summed E-state index contributed by atoms with van der Waals surface area (Å²) in [7, 11) is 0. The van der Waals surface area contributed by atoms with Crippen LogP contribution in [0.2, 0.25) is 0 Å². The molecule has 0 fully saturated rings. The molecule has 0 spiro atoms. The van der Waals surface area contributed by atoms with Crippen LogP contribution in [0.15, 0.2) is 52.0 Å². The molecule has 0 aliphatic carbocycles. The molecule has 0 amide bonds. The van der Waals surface area contributed by atoms with E-state index in [0.717, 1.165) is 35.9 Å². The Labute approximate surface area is 160 Å². The number of hydrogen-bond donors (Lipinski definition) is 2. The molecule has 27 heavy (non-hydrogen) atoms. The fourth-order valence-corrected chi connectivity index (χ4v) is 3.37. The Balaban J connectivity index is 1.73. The van der Waals surface area contributed by atoms with Gasteiger partial charge in [-0.2, -0.15) is 0 Å². The van der Waals surface area contributed by atoms with Crippen LogP contribution in [0, 0.1) is 13.8 Å². The van der Waals surface area contributed by atoms with E-state index in [0.29, 0.717) is 6.54 Å². The minimum atomic E-state index is 0.146. The molecule has 1 unspecified atom stereocenters. The van der Waals surface area contributed by atoms with Gasteiger partial charge in [-0.05, 0) is 50.5 Å². The summed E-state index contributed by atoms with van der Waals surface area (Å²) >= 11 is 0. The minimum absolute atomic E-state index is 0.146. The largest absolute Gasteiger partial charge is 0.361 e. The third-order valence-corrected chi connectivity index (χ3v) is 4.80. The van der Waals surface area contributed by atoms with Gasteiger partial charge in [0, 0.05) is 18.7 Å². The predicted octanol–water partition coefficient (Wildman–Crippen LogP) is 4.30. The maximum absolute atomic E-state index is 5.23. The van der Waals surface area contributed by atoms with Crippen LogP contribution in [-0.2, 0) is 6.42 Å². The number of nitrogens with one attached hydrogen (secondary N) is 2. The van der Waals surface area contributed by atoms with Gasteiger partial charge >= 0.3 is 0 Å². The van der Waals surface area contributed by atoms with E-state index in [9.17, 15) is 0 Å². The first kappa shape index (κ1) is 19.0. The van der Waals surface area contributed by atoms with Crippen LogP contribution in [0.3, 0.4) is 0 Å². The molecular formula is C22H28N4O. The van der Waals surface area contributed by atoms with Gasteiger partial charge in [0.2, 0.25) is 0 Å². The summed E-state index contributed by atoms with van der Waals surface area (Å²) in [5.74, 6) is 1.70. The maximum atomic E-state index is 5.23. The monoisotopic (exact) mass is 364 g/mol. The average Bonchev–Trinajstić information content (AvgIpc) is 2.99. The number of benzene rings is 2. The Hall–Kier alpha value is -2.82. The van der Waals surface area contributed by atoms with E-state index in [1.165, 1.54) is 16.3 Å². The number of aromatic nitrogens is 1. The summed E-state index contributed by atoms with van der Waals surface area (Å²) in [5.41, 5.74) is 3.37. The lowest BCUT2D eigenvalue weighted by molar-refractivity contribution is 0.392. The van der Waals surface area contributed by atoms with Crippen molar-refractivity contribution in [1.82, 2.24) is 15.8 Å². The molecule has 0 radical (unpaired) electrons. The van der Waals surface area contributed by atoms with Crippen molar-refractivity contribution in [3.8, 4) is 0 Å². The first-order chi connectivity index (χ1) is 13.1. The Morgan fingerprint density at radius 3 is 2.67 bits per heavy atom. The van der Waals surface area contributed by atoms with Crippen LogP contribution in [0.25, 0.3) is 10.8 Å². The lowest BCUT2D eigenvalue weighted by Crippen LogP contribution is -2.39. The van der Waals surface area contributed by atoms with Gasteiger partial charge in [0.05, 0.1) is 11.7 Å². The van der Waals surface area contributed by atoms with Crippen LogP contribution < -0.4 is 10.6 Å².